The van der Waals surface area contributed by atoms with Gasteiger partial charge in [-0.05, 0) is 57.2 Å². The average Bonchev–Trinajstić information content (AvgIpc) is 3.12. The molecular formula is C22H22ClN5O5. The second-order valence-corrected chi connectivity index (χ2v) is 7.74. The monoisotopic (exact) mass is 471 g/mol. The van der Waals surface area contributed by atoms with Crippen LogP contribution in [0.4, 0.5) is 17.1 Å². The summed E-state index contributed by atoms with van der Waals surface area (Å²) in [5.74, 6) is -0.813. The number of nitrogens with one attached hydrogen (secondary N) is 2. The number of benzene rings is 2. The Kier molecular flexibility index (Phi) is 6.98. The molecule has 1 atom stereocenters. The standard InChI is InChI=1S/C22H22ClN5O5/c1-12-9-13(2)27(26-12)14(3)21(29)25-18-7-6-16(11-17(18)23)24-22(30)15-5-8-20(33-4)19(10-15)28(31)32/h5-11,14H,1-4H3,(H,24,30)(H,25,29). The Labute approximate surface area is 194 Å². The van der Waals surface area contributed by atoms with E-state index in [2.05, 4.69) is 15.7 Å². The third kappa shape index (κ3) is 5.29. The Balaban J connectivity index is 1.72. The van der Waals surface area contributed by atoms with Gasteiger partial charge in [0, 0.05) is 23.0 Å². The molecule has 0 aliphatic heterocycles. The molecule has 10 nitrogen and oxygen atoms in total. The van der Waals surface area contributed by atoms with Crippen LogP contribution in [0.15, 0.2) is 42.5 Å². The molecule has 172 valence electrons. The fourth-order valence-corrected chi connectivity index (χ4v) is 3.49. The fraction of sp³-hybridized carbons (Fsp3) is 0.227. The number of carbonyl (C=O) groups is 2. The van der Waals surface area contributed by atoms with Crippen molar-refractivity contribution in [2.45, 2.75) is 26.8 Å². The van der Waals surface area contributed by atoms with E-state index in [-0.39, 0.29) is 27.9 Å². The van der Waals surface area contributed by atoms with Gasteiger partial charge in [0.1, 0.15) is 6.04 Å². The molecule has 11 heteroatoms. The van der Waals surface area contributed by atoms with Gasteiger partial charge >= 0.3 is 5.69 Å². The number of aryl methyl sites for hydroxylation is 2. The summed E-state index contributed by atoms with van der Waals surface area (Å²) in [4.78, 5) is 35.7. The van der Waals surface area contributed by atoms with Crippen molar-refractivity contribution in [3.05, 3.63) is 74.6 Å². The molecule has 3 rings (SSSR count). The molecule has 2 amide bonds. The molecule has 0 saturated carbocycles. The van der Waals surface area contributed by atoms with Gasteiger partial charge in [-0.2, -0.15) is 5.10 Å². The predicted octanol–water partition coefficient (Wildman–Crippen LogP) is 4.52. The van der Waals surface area contributed by atoms with Gasteiger partial charge in [-0.3, -0.25) is 24.4 Å². The van der Waals surface area contributed by atoms with Gasteiger partial charge < -0.3 is 15.4 Å². The summed E-state index contributed by atoms with van der Waals surface area (Å²) in [5.41, 5.74) is 2.15. The maximum absolute atomic E-state index is 12.6. The van der Waals surface area contributed by atoms with Crippen LogP contribution in [0.3, 0.4) is 0 Å². The fourth-order valence-electron chi connectivity index (χ4n) is 3.26. The number of halogens is 1. The average molecular weight is 472 g/mol. The number of hydrogen-bond donors (Lipinski definition) is 2. The van der Waals surface area contributed by atoms with Crippen LogP contribution >= 0.6 is 11.6 Å². The zero-order valence-corrected chi connectivity index (χ0v) is 19.1. The van der Waals surface area contributed by atoms with E-state index < -0.39 is 16.9 Å². The molecule has 0 saturated heterocycles. The number of anilines is 2. The number of ether oxygens (including phenoxy) is 1. The molecule has 3 aromatic rings. The summed E-state index contributed by atoms with van der Waals surface area (Å²) in [6.07, 6.45) is 0. The van der Waals surface area contributed by atoms with Gasteiger partial charge in [-0.25, -0.2) is 0 Å². The summed E-state index contributed by atoms with van der Waals surface area (Å²) in [7, 11) is 1.31. The largest absolute Gasteiger partial charge is 0.490 e. The highest BCUT2D eigenvalue weighted by molar-refractivity contribution is 6.34. The minimum absolute atomic E-state index is 0.0504. The van der Waals surface area contributed by atoms with Crippen LogP contribution in [0.2, 0.25) is 5.02 Å². The third-order valence-corrected chi connectivity index (χ3v) is 5.23. The Morgan fingerprint density at radius 2 is 1.88 bits per heavy atom. The first-order valence-corrected chi connectivity index (χ1v) is 10.3. The van der Waals surface area contributed by atoms with E-state index in [1.807, 2.05) is 19.9 Å². The Hall–Kier alpha value is -3.92. The van der Waals surface area contributed by atoms with Crippen molar-refractivity contribution in [2.75, 3.05) is 17.7 Å². The van der Waals surface area contributed by atoms with Gasteiger partial charge in [0.15, 0.2) is 5.75 Å². The maximum Gasteiger partial charge on any atom is 0.311 e. The number of nitro groups is 1. The number of aromatic nitrogens is 2. The second kappa shape index (κ2) is 9.70. The number of nitro benzene ring substituents is 1. The van der Waals surface area contributed by atoms with E-state index >= 15 is 0 Å². The van der Waals surface area contributed by atoms with Gasteiger partial charge in [0.05, 0.1) is 28.4 Å². The number of nitrogens with zero attached hydrogens (tertiary/aromatic N) is 3. The van der Waals surface area contributed by atoms with Crippen LogP contribution in [0.1, 0.15) is 34.7 Å². The number of amides is 2. The molecule has 33 heavy (non-hydrogen) atoms. The van der Waals surface area contributed by atoms with Crippen molar-refractivity contribution in [3.63, 3.8) is 0 Å². The number of hydrogen-bond acceptors (Lipinski definition) is 6. The number of methoxy groups -OCH3 is 1. The summed E-state index contributed by atoms with van der Waals surface area (Å²) in [6.45, 7) is 5.44. The first-order chi connectivity index (χ1) is 15.6. The zero-order chi connectivity index (χ0) is 24.3. The van der Waals surface area contributed by atoms with E-state index in [1.165, 1.54) is 25.3 Å². The molecule has 2 aromatic carbocycles. The molecule has 0 fully saturated rings. The molecule has 0 radical (unpaired) electrons. The van der Waals surface area contributed by atoms with Crippen molar-refractivity contribution in [2.24, 2.45) is 0 Å². The lowest BCUT2D eigenvalue weighted by Gasteiger charge is -2.16. The minimum atomic E-state index is -0.628. The van der Waals surface area contributed by atoms with Crippen LogP contribution < -0.4 is 15.4 Å². The van der Waals surface area contributed by atoms with E-state index in [1.54, 1.807) is 23.7 Å². The van der Waals surface area contributed by atoms with Gasteiger partial charge in [-0.15, -0.1) is 0 Å². The summed E-state index contributed by atoms with van der Waals surface area (Å²) in [5, 5.41) is 21.1. The molecule has 0 aliphatic rings. The van der Waals surface area contributed by atoms with Gasteiger partial charge in [0.2, 0.25) is 5.91 Å². The SMILES string of the molecule is COc1ccc(C(=O)Nc2ccc(NC(=O)C(C)n3nc(C)cc3C)c(Cl)c2)cc1[N+](=O)[O-]. The number of carbonyl (C=O) groups excluding carboxylic acids is 2. The van der Waals surface area contributed by atoms with Crippen LogP contribution in [0.5, 0.6) is 5.75 Å². The topological polar surface area (TPSA) is 128 Å². The molecule has 1 aromatic heterocycles. The molecule has 1 heterocycles. The summed E-state index contributed by atoms with van der Waals surface area (Å²) in [6, 6.07) is 9.81. The molecule has 0 spiro atoms. The van der Waals surface area contributed by atoms with E-state index in [0.717, 1.165) is 17.5 Å². The second-order valence-electron chi connectivity index (χ2n) is 7.33. The highest BCUT2D eigenvalue weighted by Crippen LogP contribution is 2.29. The predicted molar refractivity (Wildman–Crippen MR) is 124 cm³/mol. The van der Waals surface area contributed by atoms with Crippen molar-refractivity contribution in [1.29, 1.82) is 0 Å². The van der Waals surface area contributed by atoms with E-state index in [9.17, 15) is 19.7 Å². The first-order valence-electron chi connectivity index (χ1n) is 9.87. The Morgan fingerprint density at radius 1 is 1.15 bits per heavy atom. The molecule has 0 bridgehead atoms. The van der Waals surface area contributed by atoms with Crippen LogP contribution in [-0.4, -0.2) is 33.6 Å². The lowest BCUT2D eigenvalue weighted by molar-refractivity contribution is -0.385. The highest BCUT2D eigenvalue weighted by Gasteiger charge is 2.20. The lowest BCUT2D eigenvalue weighted by Crippen LogP contribution is -2.25. The smallest absolute Gasteiger partial charge is 0.311 e. The van der Waals surface area contributed by atoms with Crippen molar-refractivity contribution in [3.8, 4) is 5.75 Å². The van der Waals surface area contributed by atoms with Crippen molar-refractivity contribution < 1.29 is 19.2 Å². The van der Waals surface area contributed by atoms with Gasteiger partial charge in [0.25, 0.3) is 5.91 Å². The normalized spacial score (nSPS) is 11.5. The van der Waals surface area contributed by atoms with Crippen molar-refractivity contribution >= 4 is 40.5 Å². The van der Waals surface area contributed by atoms with Crippen LogP contribution in [-0.2, 0) is 4.79 Å². The Morgan fingerprint density at radius 3 is 2.45 bits per heavy atom. The van der Waals surface area contributed by atoms with E-state index in [4.69, 9.17) is 16.3 Å². The molecule has 2 N–H and O–H groups in total. The van der Waals surface area contributed by atoms with Crippen molar-refractivity contribution in [1.82, 2.24) is 9.78 Å². The quantitative estimate of drug-likeness (QED) is 0.385. The highest BCUT2D eigenvalue weighted by atomic mass is 35.5. The Bertz CT molecular complexity index is 1240. The maximum atomic E-state index is 12.6. The lowest BCUT2D eigenvalue weighted by atomic mass is 10.1. The summed E-state index contributed by atoms with van der Waals surface area (Å²) < 4.78 is 6.57. The zero-order valence-electron chi connectivity index (χ0n) is 18.4. The first kappa shape index (κ1) is 23.7. The minimum Gasteiger partial charge on any atom is -0.490 e. The van der Waals surface area contributed by atoms with E-state index in [0.29, 0.717) is 11.4 Å². The van der Waals surface area contributed by atoms with Gasteiger partial charge in [-0.1, -0.05) is 11.6 Å². The van der Waals surface area contributed by atoms with Crippen LogP contribution in [0.25, 0.3) is 0 Å². The summed E-state index contributed by atoms with van der Waals surface area (Å²) >= 11 is 6.30. The number of rotatable bonds is 7. The molecule has 1 unspecified atom stereocenters. The van der Waals surface area contributed by atoms with Crippen LogP contribution in [0, 0.1) is 24.0 Å². The third-order valence-electron chi connectivity index (χ3n) is 4.91. The molecule has 0 aliphatic carbocycles. The molecular weight excluding hydrogens is 450 g/mol.